The molecule has 1 aromatic carbocycles. The maximum Gasteiger partial charge on any atom is 0.309 e. The van der Waals surface area contributed by atoms with Crippen LogP contribution in [0.2, 0.25) is 0 Å². The Labute approximate surface area is 233 Å². The number of allylic oxidation sites excluding steroid dienone is 3. The van der Waals surface area contributed by atoms with Crippen molar-refractivity contribution >= 4 is 22.7 Å². The third-order valence-corrected chi connectivity index (χ3v) is 12.0. The van der Waals surface area contributed by atoms with Crippen molar-refractivity contribution in [1.82, 2.24) is 14.5 Å². The predicted molar refractivity (Wildman–Crippen MR) is 156 cm³/mol. The minimum absolute atomic E-state index is 0.0682. The molecule has 1 saturated heterocycles. The van der Waals surface area contributed by atoms with E-state index < -0.39 is 0 Å². The maximum absolute atomic E-state index is 13.0. The van der Waals surface area contributed by atoms with Crippen LogP contribution < -0.4 is 0 Å². The molecule has 0 unspecified atom stereocenters. The molecule has 5 aliphatic rings. The van der Waals surface area contributed by atoms with E-state index in [0.717, 1.165) is 69.1 Å². The first-order valence-electron chi connectivity index (χ1n) is 15.7. The van der Waals surface area contributed by atoms with Gasteiger partial charge in [0.05, 0.1) is 17.0 Å². The quantitative estimate of drug-likeness (QED) is 0.314. The van der Waals surface area contributed by atoms with E-state index >= 15 is 0 Å². The molecule has 1 aromatic heterocycles. The summed E-state index contributed by atoms with van der Waals surface area (Å²) in [7, 11) is 0. The number of likely N-dealkylation sites (tertiary alicyclic amines) is 1. The second kappa shape index (κ2) is 9.61. The molecule has 6 atom stereocenters. The fraction of sp³-hybridized carbons (Fsp3) is 0.647. The highest BCUT2D eigenvalue weighted by molar-refractivity contribution is 5.80. The van der Waals surface area contributed by atoms with Crippen LogP contribution in [0.1, 0.15) is 78.6 Å². The van der Waals surface area contributed by atoms with Crippen molar-refractivity contribution in [2.75, 3.05) is 19.6 Å². The number of hydrogen-bond donors (Lipinski definition) is 0. The fourth-order valence-electron chi connectivity index (χ4n) is 9.54. The van der Waals surface area contributed by atoms with Crippen LogP contribution in [-0.2, 0) is 9.53 Å². The second-order valence-electron chi connectivity index (χ2n) is 13.7. The number of aromatic nitrogens is 2. The van der Waals surface area contributed by atoms with Crippen LogP contribution in [0.25, 0.3) is 16.7 Å². The van der Waals surface area contributed by atoms with Gasteiger partial charge < -0.3 is 14.2 Å². The van der Waals surface area contributed by atoms with E-state index in [1.54, 1.807) is 5.57 Å². The Hall–Kier alpha value is -2.40. The molecule has 0 radical (unpaired) electrons. The van der Waals surface area contributed by atoms with E-state index in [-0.39, 0.29) is 28.8 Å². The predicted octanol–water partition coefficient (Wildman–Crippen LogP) is 7.09. The zero-order chi connectivity index (χ0) is 26.8. The van der Waals surface area contributed by atoms with Crippen molar-refractivity contribution in [2.45, 2.75) is 84.7 Å². The number of nitrogens with zero attached hydrogens (tertiary/aromatic N) is 3. The average Bonchev–Trinajstić information content (AvgIpc) is 3.53. The Bertz CT molecular complexity index is 1320. The summed E-state index contributed by atoms with van der Waals surface area (Å²) in [4.78, 5) is 20.2. The van der Waals surface area contributed by atoms with Gasteiger partial charge in [0, 0.05) is 17.5 Å². The van der Waals surface area contributed by atoms with Gasteiger partial charge in [-0.3, -0.25) is 4.79 Å². The molecule has 0 spiro atoms. The molecule has 5 heteroatoms. The van der Waals surface area contributed by atoms with Gasteiger partial charge >= 0.3 is 5.97 Å². The number of para-hydroxylation sites is 2. The zero-order valence-corrected chi connectivity index (χ0v) is 24.1. The minimum Gasteiger partial charge on any atom is -0.462 e. The molecule has 4 aliphatic carbocycles. The van der Waals surface area contributed by atoms with E-state index in [2.05, 4.69) is 66.7 Å². The third-order valence-electron chi connectivity index (χ3n) is 12.0. The van der Waals surface area contributed by atoms with Gasteiger partial charge in [0.2, 0.25) is 0 Å². The highest BCUT2D eigenvalue weighted by atomic mass is 16.5. The van der Waals surface area contributed by atoms with Crippen LogP contribution in [-0.4, -0.2) is 46.2 Å². The van der Waals surface area contributed by atoms with Crippen LogP contribution >= 0.6 is 0 Å². The zero-order valence-electron chi connectivity index (χ0n) is 24.1. The number of esters is 1. The van der Waals surface area contributed by atoms with Gasteiger partial charge in [0.15, 0.2) is 0 Å². The molecule has 0 N–H and O–H groups in total. The summed E-state index contributed by atoms with van der Waals surface area (Å²) in [5, 5.41) is 0. The third kappa shape index (κ3) is 4.05. The summed E-state index contributed by atoms with van der Waals surface area (Å²) >= 11 is 0. The van der Waals surface area contributed by atoms with Gasteiger partial charge in [-0.05, 0) is 106 Å². The number of ether oxygens (including phenoxy) is 1. The van der Waals surface area contributed by atoms with Gasteiger partial charge in [-0.2, -0.15) is 0 Å². The molecule has 39 heavy (non-hydrogen) atoms. The molecular weight excluding hydrogens is 482 g/mol. The van der Waals surface area contributed by atoms with Gasteiger partial charge in [0.1, 0.15) is 12.4 Å². The SMILES string of the molecule is CCN1CCC(C(=O)O[C@H]2CC[C@@]3(C)C(=CC[C@@H]4[C@@H]3CC[C@]3(C)C(n5cnc6ccccc65)=CC[C@@H]43)C2)CC1. The van der Waals surface area contributed by atoms with Gasteiger partial charge in [-0.1, -0.05) is 50.6 Å². The molecule has 7 rings (SSSR count). The molecule has 0 amide bonds. The van der Waals surface area contributed by atoms with Crippen molar-refractivity contribution in [3.05, 3.63) is 48.3 Å². The number of hydrogen-bond acceptors (Lipinski definition) is 4. The van der Waals surface area contributed by atoms with Crippen LogP contribution in [0.4, 0.5) is 0 Å². The Kier molecular flexibility index (Phi) is 6.30. The lowest BCUT2D eigenvalue weighted by Gasteiger charge is -2.57. The Morgan fingerprint density at radius 2 is 1.79 bits per heavy atom. The molecule has 2 aromatic rings. The number of carbonyl (C=O) groups excluding carboxylic acids is 1. The molecular formula is C34H45N3O2. The van der Waals surface area contributed by atoms with Crippen LogP contribution in [0.15, 0.2) is 48.3 Å². The molecule has 2 heterocycles. The Morgan fingerprint density at radius 3 is 2.62 bits per heavy atom. The van der Waals surface area contributed by atoms with Gasteiger partial charge in [-0.15, -0.1) is 0 Å². The molecule has 5 nitrogen and oxygen atoms in total. The summed E-state index contributed by atoms with van der Waals surface area (Å²) < 4.78 is 8.57. The van der Waals surface area contributed by atoms with Crippen molar-refractivity contribution in [3.63, 3.8) is 0 Å². The summed E-state index contributed by atoms with van der Waals surface area (Å²) in [6.45, 7) is 10.4. The summed E-state index contributed by atoms with van der Waals surface area (Å²) in [6.07, 6.45) is 17.1. The highest BCUT2D eigenvalue weighted by Gasteiger charge is 2.57. The Morgan fingerprint density at radius 1 is 1.00 bits per heavy atom. The summed E-state index contributed by atoms with van der Waals surface area (Å²) in [6, 6.07) is 8.54. The smallest absolute Gasteiger partial charge is 0.309 e. The first kappa shape index (κ1) is 25.6. The van der Waals surface area contributed by atoms with Crippen molar-refractivity contribution in [1.29, 1.82) is 0 Å². The van der Waals surface area contributed by atoms with Crippen LogP contribution in [0, 0.1) is 34.5 Å². The lowest BCUT2D eigenvalue weighted by molar-refractivity contribution is -0.158. The molecule has 2 saturated carbocycles. The summed E-state index contributed by atoms with van der Waals surface area (Å²) in [5.41, 5.74) is 5.83. The molecule has 3 fully saturated rings. The topological polar surface area (TPSA) is 47.4 Å². The lowest BCUT2D eigenvalue weighted by Crippen LogP contribution is -2.50. The normalized spacial score (nSPS) is 37.0. The standard InChI is InChI=1S/C34H45N3O2/c1-4-36-19-15-23(16-20-36)32(38)39-25-13-17-33(2)24(21-25)9-10-26-27-11-12-31(34(27,3)18-14-28(26)33)37-22-35-29-7-5-6-8-30(29)37/h5-9,12,22-23,25-28H,4,10-11,13-21H2,1-3H3/t25-,26-,27-,28-,33-,34-/m0/s1. The minimum atomic E-state index is 0.0682. The van der Waals surface area contributed by atoms with Crippen LogP contribution in [0.5, 0.6) is 0 Å². The summed E-state index contributed by atoms with van der Waals surface area (Å²) in [5.74, 6) is 2.31. The van der Waals surface area contributed by atoms with E-state index in [9.17, 15) is 4.79 Å². The number of rotatable bonds is 4. The first-order valence-corrected chi connectivity index (χ1v) is 15.7. The van der Waals surface area contributed by atoms with Gasteiger partial charge in [-0.25, -0.2) is 4.98 Å². The van der Waals surface area contributed by atoms with Crippen LogP contribution in [0.3, 0.4) is 0 Å². The molecule has 1 aliphatic heterocycles. The van der Waals surface area contributed by atoms with E-state index in [1.165, 1.54) is 36.9 Å². The Balaban J connectivity index is 1.06. The number of benzene rings is 1. The number of imidazole rings is 1. The van der Waals surface area contributed by atoms with E-state index in [0.29, 0.717) is 5.92 Å². The molecule has 0 bridgehead atoms. The highest BCUT2D eigenvalue weighted by Crippen LogP contribution is 2.65. The maximum atomic E-state index is 13.0. The van der Waals surface area contributed by atoms with E-state index in [1.807, 2.05) is 6.33 Å². The lowest BCUT2D eigenvalue weighted by atomic mass is 9.47. The number of piperidine rings is 1. The average molecular weight is 528 g/mol. The van der Waals surface area contributed by atoms with Crippen molar-refractivity contribution in [3.8, 4) is 0 Å². The van der Waals surface area contributed by atoms with Crippen molar-refractivity contribution in [2.24, 2.45) is 34.5 Å². The number of fused-ring (bicyclic) bond motifs is 6. The van der Waals surface area contributed by atoms with Gasteiger partial charge in [0.25, 0.3) is 0 Å². The van der Waals surface area contributed by atoms with E-state index in [4.69, 9.17) is 9.72 Å². The fourth-order valence-corrected chi connectivity index (χ4v) is 9.54. The number of carbonyl (C=O) groups is 1. The monoisotopic (exact) mass is 527 g/mol. The first-order chi connectivity index (χ1) is 18.9. The molecule has 208 valence electrons. The largest absolute Gasteiger partial charge is 0.462 e. The van der Waals surface area contributed by atoms with Crippen molar-refractivity contribution < 1.29 is 9.53 Å². The second-order valence-corrected chi connectivity index (χ2v) is 13.7.